The van der Waals surface area contributed by atoms with Gasteiger partial charge in [-0.05, 0) is 62.6 Å². The number of carbonyl (C=O) groups is 3. The third-order valence-corrected chi connectivity index (χ3v) is 5.18. The number of hydrogen-bond donors (Lipinski definition) is 3. The Kier molecular flexibility index (Phi) is 11.0. The van der Waals surface area contributed by atoms with E-state index < -0.39 is 5.82 Å². The molecule has 4 N–H and O–H groups in total. The van der Waals surface area contributed by atoms with Crippen molar-refractivity contribution >= 4 is 29.7 Å². The van der Waals surface area contributed by atoms with Crippen molar-refractivity contribution < 1.29 is 18.8 Å². The van der Waals surface area contributed by atoms with Crippen molar-refractivity contribution in [3.8, 4) is 0 Å². The smallest absolute Gasteiger partial charge is 0.251 e. The number of primary amides is 1. The average molecular weight is 454 g/mol. The Morgan fingerprint density at radius 1 is 1.06 bits per heavy atom. The molecule has 1 aliphatic rings. The summed E-state index contributed by atoms with van der Waals surface area (Å²) in [6, 6.07) is 13.7. The van der Waals surface area contributed by atoms with Crippen LogP contribution in [0, 0.1) is 5.82 Å². The molecule has 0 radical (unpaired) electrons. The molecular weight excluding hydrogens is 421 g/mol. The van der Waals surface area contributed by atoms with Crippen LogP contribution in [0.3, 0.4) is 0 Å². The van der Waals surface area contributed by atoms with Crippen LogP contribution in [0.5, 0.6) is 0 Å². The third kappa shape index (κ3) is 9.78. The molecule has 33 heavy (non-hydrogen) atoms. The van der Waals surface area contributed by atoms with Gasteiger partial charge in [-0.2, -0.15) is 0 Å². The first-order chi connectivity index (χ1) is 15.9. The number of aldehydes is 1. The molecule has 0 spiro atoms. The highest BCUT2D eigenvalue weighted by Crippen LogP contribution is 2.20. The van der Waals surface area contributed by atoms with Crippen LogP contribution in [0.25, 0.3) is 11.6 Å². The quantitative estimate of drug-likeness (QED) is 0.209. The number of amides is 2. The minimum Gasteiger partial charge on any atom is -0.370 e. The average Bonchev–Trinajstić information content (AvgIpc) is 3.66. The van der Waals surface area contributed by atoms with E-state index in [0.29, 0.717) is 36.8 Å². The largest absolute Gasteiger partial charge is 0.370 e. The SMILES string of the molecule is CNC1CC1.NC(=O)CCCCCNC(=O)c1ccc(/C=C(/C=O)c2ccccc2F)cc1. The van der Waals surface area contributed by atoms with Crippen LogP contribution >= 0.6 is 0 Å². The summed E-state index contributed by atoms with van der Waals surface area (Å²) in [4.78, 5) is 34.1. The fourth-order valence-corrected chi connectivity index (χ4v) is 3.06. The van der Waals surface area contributed by atoms with Crippen LogP contribution in [-0.2, 0) is 9.59 Å². The Bertz CT molecular complexity index is 954. The Labute approximate surface area is 194 Å². The Morgan fingerprint density at radius 2 is 1.76 bits per heavy atom. The van der Waals surface area contributed by atoms with Crippen LogP contribution in [0.2, 0.25) is 0 Å². The normalized spacial score (nSPS) is 13.0. The molecule has 7 heteroatoms. The van der Waals surface area contributed by atoms with E-state index in [1.54, 1.807) is 48.5 Å². The van der Waals surface area contributed by atoms with Gasteiger partial charge >= 0.3 is 0 Å². The molecule has 2 aromatic carbocycles. The first kappa shape index (κ1) is 25.9. The zero-order valence-corrected chi connectivity index (χ0v) is 19.0. The maximum absolute atomic E-state index is 13.9. The predicted octanol–water partition coefficient (Wildman–Crippen LogP) is 3.71. The van der Waals surface area contributed by atoms with E-state index in [2.05, 4.69) is 10.6 Å². The highest BCUT2D eigenvalue weighted by Gasteiger charge is 2.17. The lowest BCUT2D eigenvalue weighted by atomic mass is 10.0. The number of carbonyl (C=O) groups excluding carboxylic acids is 3. The second-order valence-electron chi connectivity index (χ2n) is 7.92. The maximum atomic E-state index is 13.9. The van der Waals surface area contributed by atoms with Crippen molar-refractivity contribution in [2.45, 2.75) is 44.6 Å². The highest BCUT2D eigenvalue weighted by atomic mass is 19.1. The summed E-state index contributed by atoms with van der Waals surface area (Å²) in [6.45, 7) is 0.516. The molecule has 6 nitrogen and oxygen atoms in total. The fourth-order valence-electron chi connectivity index (χ4n) is 3.06. The molecule has 0 atom stereocenters. The van der Waals surface area contributed by atoms with Gasteiger partial charge in [0.1, 0.15) is 5.82 Å². The van der Waals surface area contributed by atoms with E-state index in [4.69, 9.17) is 5.73 Å². The maximum Gasteiger partial charge on any atom is 0.251 e. The van der Waals surface area contributed by atoms with Gasteiger partial charge in [0.15, 0.2) is 6.29 Å². The first-order valence-corrected chi connectivity index (χ1v) is 11.2. The number of halogens is 1. The van der Waals surface area contributed by atoms with Crippen molar-refractivity contribution in [1.82, 2.24) is 10.6 Å². The summed E-state index contributed by atoms with van der Waals surface area (Å²) in [5, 5.41) is 5.95. The number of hydrogen-bond acceptors (Lipinski definition) is 4. The van der Waals surface area contributed by atoms with Gasteiger partial charge in [0, 0.05) is 35.7 Å². The van der Waals surface area contributed by atoms with Gasteiger partial charge in [-0.1, -0.05) is 36.8 Å². The van der Waals surface area contributed by atoms with E-state index in [9.17, 15) is 18.8 Å². The van der Waals surface area contributed by atoms with Crippen molar-refractivity contribution in [1.29, 1.82) is 0 Å². The predicted molar refractivity (Wildman–Crippen MR) is 129 cm³/mol. The molecular formula is C26H32FN3O3. The minimum atomic E-state index is -0.465. The van der Waals surface area contributed by atoms with Crippen LogP contribution < -0.4 is 16.4 Å². The lowest BCUT2D eigenvalue weighted by Gasteiger charge is -2.06. The summed E-state index contributed by atoms with van der Waals surface area (Å²) in [6.07, 6.45) is 7.64. The number of unbranched alkanes of at least 4 members (excludes halogenated alkanes) is 2. The zero-order chi connectivity index (χ0) is 24.1. The van der Waals surface area contributed by atoms with E-state index in [1.807, 2.05) is 7.05 Å². The van der Waals surface area contributed by atoms with Gasteiger partial charge in [0.25, 0.3) is 5.91 Å². The molecule has 0 heterocycles. The summed E-state index contributed by atoms with van der Waals surface area (Å²) in [7, 11) is 2.01. The molecule has 1 saturated carbocycles. The highest BCUT2D eigenvalue weighted by molar-refractivity contribution is 6.13. The molecule has 0 saturated heterocycles. The number of nitrogens with one attached hydrogen (secondary N) is 2. The van der Waals surface area contributed by atoms with Crippen molar-refractivity contribution in [3.63, 3.8) is 0 Å². The molecule has 3 rings (SSSR count). The minimum absolute atomic E-state index is 0.199. The van der Waals surface area contributed by atoms with Crippen LogP contribution in [0.1, 0.15) is 60.0 Å². The monoisotopic (exact) mass is 453 g/mol. The van der Waals surface area contributed by atoms with Gasteiger partial charge in [-0.3, -0.25) is 14.4 Å². The first-order valence-electron chi connectivity index (χ1n) is 11.2. The lowest BCUT2D eigenvalue weighted by Crippen LogP contribution is -2.24. The van der Waals surface area contributed by atoms with E-state index >= 15 is 0 Å². The van der Waals surface area contributed by atoms with Gasteiger partial charge in [0.2, 0.25) is 5.91 Å². The van der Waals surface area contributed by atoms with Crippen molar-refractivity contribution in [2.24, 2.45) is 5.73 Å². The second kappa shape index (κ2) is 14.0. The molecule has 0 aliphatic heterocycles. The lowest BCUT2D eigenvalue weighted by molar-refractivity contribution is -0.118. The molecule has 0 aromatic heterocycles. The van der Waals surface area contributed by atoms with Crippen LogP contribution in [0.15, 0.2) is 48.5 Å². The van der Waals surface area contributed by atoms with Gasteiger partial charge < -0.3 is 16.4 Å². The number of benzene rings is 2. The van der Waals surface area contributed by atoms with Crippen molar-refractivity contribution in [2.75, 3.05) is 13.6 Å². The van der Waals surface area contributed by atoms with E-state index in [-0.39, 0.29) is 23.0 Å². The number of nitrogens with two attached hydrogens (primary N) is 1. The summed E-state index contributed by atoms with van der Waals surface area (Å²) in [5.41, 5.74) is 6.71. The van der Waals surface area contributed by atoms with E-state index in [0.717, 1.165) is 18.9 Å². The molecule has 1 aliphatic carbocycles. The molecule has 176 valence electrons. The standard InChI is InChI=1S/C22H23FN2O3.C4H9N/c23-20-7-4-3-6-19(20)18(15-26)14-16-9-11-17(12-10-16)22(28)25-13-5-1-2-8-21(24)27;1-5-4-2-3-4/h3-4,6-7,9-12,14-15H,1-2,5,8,13H2,(H2,24,27)(H,25,28);4-5H,2-3H2,1H3/b18-14-;. The van der Waals surface area contributed by atoms with Crippen LogP contribution in [-0.4, -0.2) is 37.7 Å². The Balaban J connectivity index is 0.000000678. The molecule has 2 aromatic rings. The Hall–Kier alpha value is -3.32. The van der Waals surface area contributed by atoms with Gasteiger partial charge in [0.05, 0.1) is 0 Å². The second-order valence-corrected chi connectivity index (χ2v) is 7.92. The topological polar surface area (TPSA) is 101 Å². The number of rotatable bonds is 11. The summed E-state index contributed by atoms with van der Waals surface area (Å²) < 4.78 is 13.9. The zero-order valence-electron chi connectivity index (χ0n) is 19.0. The molecule has 0 bridgehead atoms. The fraction of sp³-hybridized carbons (Fsp3) is 0.346. The summed E-state index contributed by atoms with van der Waals surface area (Å²) >= 11 is 0. The van der Waals surface area contributed by atoms with Gasteiger partial charge in [-0.15, -0.1) is 0 Å². The molecule has 2 amide bonds. The van der Waals surface area contributed by atoms with E-state index in [1.165, 1.54) is 18.9 Å². The molecule has 1 fully saturated rings. The third-order valence-electron chi connectivity index (χ3n) is 5.18. The van der Waals surface area contributed by atoms with Gasteiger partial charge in [-0.25, -0.2) is 4.39 Å². The Morgan fingerprint density at radius 3 is 2.30 bits per heavy atom. The molecule has 0 unspecified atom stereocenters. The number of allylic oxidation sites excluding steroid dienone is 1. The van der Waals surface area contributed by atoms with Crippen LogP contribution in [0.4, 0.5) is 4.39 Å². The summed E-state index contributed by atoms with van der Waals surface area (Å²) in [5.74, 6) is -0.978. The van der Waals surface area contributed by atoms with Crippen molar-refractivity contribution in [3.05, 3.63) is 71.0 Å².